The number of aryl methyl sites for hydroxylation is 1. The Balaban J connectivity index is 1.43. The molecule has 4 rings (SSSR count). The van der Waals surface area contributed by atoms with E-state index in [9.17, 15) is 9.18 Å². The molecule has 0 unspecified atom stereocenters. The minimum absolute atomic E-state index is 0.219. The number of nitrogens with one attached hydrogen (secondary N) is 2. The number of imidazole rings is 1. The Morgan fingerprint density at radius 3 is 2.47 bits per heavy atom. The van der Waals surface area contributed by atoms with Crippen LogP contribution < -0.4 is 10.6 Å². The fourth-order valence-electron chi connectivity index (χ4n) is 3.35. The van der Waals surface area contributed by atoms with Gasteiger partial charge in [-0.3, -0.25) is 0 Å². The number of halogens is 1. The van der Waals surface area contributed by atoms with Crippen molar-refractivity contribution in [3.05, 3.63) is 89.7 Å². The smallest absolute Gasteiger partial charge is 0.315 e. The Morgan fingerprint density at radius 2 is 1.70 bits per heavy atom. The first-order valence-electron chi connectivity index (χ1n) is 9.88. The van der Waals surface area contributed by atoms with Crippen LogP contribution in [0.4, 0.5) is 9.18 Å². The predicted molar refractivity (Wildman–Crippen MR) is 117 cm³/mol. The number of urea groups is 1. The van der Waals surface area contributed by atoms with Crippen LogP contribution in [0.5, 0.6) is 0 Å². The number of rotatable bonds is 6. The summed E-state index contributed by atoms with van der Waals surface area (Å²) < 4.78 is 15.4. The first-order chi connectivity index (χ1) is 14.6. The highest BCUT2D eigenvalue weighted by Gasteiger charge is 2.12. The number of carbonyl (C=O) groups excluding carboxylic acids is 1. The second kappa shape index (κ2) is 8.78. The van der Waals surface area contributed by atoms with Gasteiger partial charge in [-0.2, -0.15) is 0 Å². The van der Waals surface area contributed by atoms with E-state index in [1.54, 1.807) is 12.1 Å². The molecule has 0 saturated heterocycles. The van der Waals surface area contributed by atoms with Crippen molar-refractivity contribution in [3.8, 4) is 11.4 Å². The summed E-state index contributed by atoms with van der Waals surface area (Å²) >= 11 is 0. The second-order valence-electron chi connectivity index (χ2n) is 7.18. The zero-order valence-electron chi connectivity index (χ0n) is 16.7. The minimum Gasteiger partial charge on any atom is -0.336 e. The topological polar surface area (TPSA) is 59.0 Å². The molecule has 1 aromatic heterocycles. The molecule has 3 aromatic carbocycles. The molecule has 5 nitrogen and oxygen atoms in total. The molecule has 0 atom stereocenters. The van der Waals surface area contributed by atoms with Crippen molar-refractivity contribution in [2.75, 3.05) is 6.54 Å². The second-order valence-corrected chi connectivity index (χ2v) is 7.18. The zero-order chi connectivity index (χ0) is 20.9. The van der Waals surface area contributed by atoms with E-state index in [1.807, 2.05) is 60.0 Å². The molecule has 0 spiro atoms. The standard InChI is InChI=1S/C24H23FN4O/c1-17-6-8-18(9-7-17)16-27-24(30)26-14-15-29-22-5-3-2-4-21(22)28-23(29)19-10-12-20(25)13-11-19/h2-13H,14-16H2,1H3,(H2,26,27,30). The molecule has 152 valence electrons. The Hall–Kier alpha value is -3.67. The minimum atomic E-state index is -0.284. The molecule has 2 amide bonds. The summed E-state index contributed by atoms with van der Waals surface area (Å²) in [5, 5.41) is 5.77. The van der Waals surface area contributed by atoms with Crippen molar-refractivity contribution in [2.24, 2.45) is 0 Å². The van der Waals surface area contributed by atoms with E-state index in [0.29, 0.717) is 19.6 Å². The predicted octanol–water partition coefficient (Wildman–Crippen LogP) is 4.65. The maximum absolute atomic E-state index is 13.3. The highest BCUT2D eigenvalue weighted by molar-refractivity contribution is 5.80. The van der Waals surface area contributed by atoms with Crippen LogP contribution in [-0.2, 0) is 13.1 Å². The lowest BCUT2D eigenvalue weighted by atomic mass is 10.1. The van der Waals surface area contributed by atoms with Crippen LogP contribution >= 0.6 is 0 Å². The molecule has 0 radical (unpaired) electrons. The third-order valence-corrected chi connectivity index (χ3v) is 4.95. The van der Waals surface area contributed by atoms with Gasteiger partial charge in [0.2, 0.25) is 0 Å². The average molecular weight is 402 g/mol. The van der Waals surface area contributed by atoms with Crippen LogP contribution in [0, 0.1) is 12.7 Å². The SMILES string of the molecule is Cc1ccc(CNC(=O)NCCn2c(-c3ccc(F)cc3)nc3ccccc32)cc1. The summed E-state index contributed by atoms with van der Waals surface area (Å²) in [6, 6.07) is 21.9. The van der Waals surface area contributed by atoms with Gasteiger partial charge in [0.1, 0.15) is 11.6 Å². The normalized spacial score (nSPS) is 10.9. The van der Waals surface area contributed by atoms with E-state index >= 15 is 0 Å². The van der Waals surface area contributed by atoms with E-state index in [1.165, 1.54) is 17.7 Å². The van der Waals surface area contributed by atoms with Crippen LogP contribution in [0.25, 0.3) is 22.4 Å². The van der Waals surface area contributed by atoms with E-state index in [2.05, 4.69) is 10.6 Å². The Kier molecular flexibility index (Phi) is 5.75. The Morgan fingerprint density at radius 1 is 0.967 bits per heavy atom. The van der Waals surface area contributed by atoms with E-state index in [4.69, 9.17) is 4.98 Å². The first-order valence-corrected chi connectivity index (χ1v) is 9.88. The maximum atomic E-state index is 13.3. The highest BCUT2D eigenvalue weighted by Crippen LogP contribution is 2.24. The van der Waals surface area contributed by atoms with Gasteiger partial charge in [-0.05, 0) is 48.9 Å². The lowest BCUT2D eigenvalue weighted by Crippen LogP contribution is -2.36. The Labute approximate surface area is 174 Å². The van der Waals surface area contributed by atoms with Crippen molar-refractivity contribution < 1.29 is 9.18 Å². The molecule has 0 aliphatic heterocycles. The van der Waals surface area contributed by atoms with Gasteiger partial charge in [-0.15, -0.1) is 0 Å². The molecule has 4 aromatic rings. The van der Waals surface area contributed by atoms with Crippen molar-refractivity contribution in [3.63, 3.8) is 0 Å². The first kappa shape index (κ1) is 19.6. The molecular weight excluding hydrogens is 379 g/mol. The van der Waals surface area contributed by atoms with Crippen LogP contribution in [0.1, 0.15) is 11.1 Å². The fourth-order valence-corrected chi connectivity index (χ4v) is 3.35. The number of amides is 2. The van der Waals surface area contributed by atoms with E-state index in [-0.39, 0.29) is 11.8 Å². The molecule has 0 aliphatic rings. The van der Waals surface area contributed by atoms with Gasteiger partial charge in [0.25, 0.3) is 0 Å². The van der Waals surface area contributed by atoms with Gasteiger partial charge in [0.15, 0.2) is 0 Å². The van der Waals surface area contributed by atoms with Crippen LogP contribution in [0.15, 0.2) is 72.8 Å². The number of carbonyl (C=O) groups is 1. The molecular formula is C24H23FN4O. The number of para-hydroxylation sites is 2. The molecule has 30 heavy (non-hydrogen) atoms. The maximum Gasteiger partial charge on any atom is 0.315 e. The number of hydrogen-bond acceptors (Lipinski definition) is 2. The van der Waals surface area contributed by atoms with Gasteiger partial charge in [-0.1, -0.05) is 42.0 Å². The van der Waals surface area contributed by atoms with Crippen molar-refractivity contribution >= 4 is 17.1 Å². The summed E-state index contributed by atoms with van der Waals surface area (Å²) in [4.78, 5) is 16.9. The van der Waals surface area contributed by atoms with Gasteiger partial charge in [0, 0.05) is 25.2 Å². The number of benzene rings is 3. The molecule has 0 fully saturated rings. The summed E-state index contributed by atoms with van der Waals surface area (Å²) in [6.45, 7) is 3.49. The van der Waals surface area contributed by atoms with Crippen LogP contribution in [-0.4, -0.2) is 22.1 Å². The van der Waals surface area contributed by atoms with Crippen LogP contribution in [0.2, 0.25) is 0 Å². The molecule has 0 aliphatic carbocycles. The largest absolute Gasteiger partial charge is 0.336 e. The molecule has 0 saturated carbocycles. The van der Waals surface area contributed by atoms with Gasteiger partial charge in [-0.25, -0.2) is 14.2 Å². The van der Waals surface area contributed by atoms with Gasteiger partial charge in [0.05, 0.1) is 11.0 Å². The highest BCUT2D eigenvalue weighted by atomic mass is 19.1. The zero-order valence-corrected chi connectivity index (χ0v) is 16.7. The van der Waals surface area contributed by atoms with Crippen molar-refractivity contribution in [1.29, 1.82) is 0 Å². The number of hydrogen-bond donors (Lipinski definition) is 2. The summed E-state index contributed by atoms with van der Waals surface area (Å²) in [5.41, 5.74) is 4.90. The van der Waals surface area contributed by atoms with Gasteiger partial charge < -0.3 is 15.2 Å². The fraction of sp³-hybridized carbons (Fsp3) is 0.167. The van der Waals surface area contributed by atoms with Gasteiger partial charge >= 0.3 is 6.03 Å². The van der Waals surface area contributed by atoms with E-state index < -0.39 is 0 Å². The summed E-state index contributed by atoms with van der Waals surface area (Å²) in [7, 11) is 0. The van der Waals surface area contributed by atoms with Crippen molar-refractivity contribution in [2.45, 2.75) is 20.0 Å². The lowest BCUT2D eigenvalue weighted by Gasteiger charge is -2.11. The molecule has 1 heterocycles. The number of aromatic nitrogens is 2. The number of fused-ring (bicyclic) bond motifs is 1. The summed E-state index contributed by atoms with van der Waals surface area (Å²) in [5.74, 6) is 0.464. The molecule has 0 bridgehead atoms. The third-order valence-electron chi connectivity index (χ3n) is 4.95. The lowest BCUT2D eigenvalue weighted by molar-refractivity contribution is 0.240. The molecule has 6 heteroatoms. The monoisotopic (exact) mass is 402 g/mol. The van der Waals surface area contributed by atoms with Crippen molar-refractivity contribution in [1.82, 2.24) is 20.2 Å². The van der Waals surface area contributed by atoms with E-state index in [0.717, 1.165) is 28.0 Å². The van der Waals surface area contributed by atoms with Crippen LogP contribution in [0.3, 0.4) is 0 Å². The molecule has 2 N–H and O–H groups in total. The third kappa shape index (κ3) is 4.49. The average Bonchev–Trinajstić information content (AvgIpc) is 3.12. The number of nitrogens with zero attached hydrogens (tertiary/aromatic N) is 2. The summed E-state index contributed by atoms with van der Waals surface area (Å²) in [6.07, 6.45) is 0. The quantitative estimate of drug-likeness (QED) is 0.493. The Bertz CT molecular complexity index is 1150.